The standard InChI is InChI=1S/C44H60N6O8S/c1-28(2)20-34(40(53)44(5)27-58-44)47-43(56)36(22-31-16-12-9-13-17-31)49-42(55)35(21-29(3)4)48-41(54)33(19-18-30-14-10-8-11-15-30)46-37(51)23-32-26-59-38(45-32)25-57-39(52)24-50(6)7/h8-17,26,28-29,33-36H,18-25,27H2,1-7H3,(H,46,51)(H,47,56)(H,48,54)(H,49,55). The van der Waals surface area contributed by atoms with Crippen LogP contribution in [0.5, 0.6) is 0 Å². The fourth-order valence-corrected chi connectivity index (χ4v) is 7.18. The van der Waals surface area contributed by atoms with Crippen molar-refractivity contribution in [2.45, 2.75) is 110 Å². The molecule has 0 bridgehead atoms. The van der Waals surface area contributed by atoms with Gasteiger partial charge in [-0.25, -0.2) is 4.98 Å². The maximum Gasteiger partial charge on any atom is 0.320 e. The van der Waals surface area contributed by atoms with E-state index in [9.17, 15) is 28.8 Å². The maximum atomic E-state index is 14.2. The van der Waals surface area contributed by atoms with Crippen molar-refractivity contribution in [2.24, 2.45) is 11.8 Å². The zero-order valence-electron chi connectivity index (χ0n) is 35.2. The van der Waals surface area contributed by atoms with Gasteiger partial charge in [0.2, 0.25) is 23.6 Å². The summed E-state index contributed by atoms with van der Waals surface area (Å²) in [5.41, 5.74) is 1.28. The second kappa shape index (κ2) is 22.4. The van der Waals surface area contributed by atoms with E-state index in [1.54, 1.807) is 31.3 Å². The van der Waals surface area contributed by atoms with Crippen molar-refractivity contribution in [3.8, 4) is 0 Å². The van der Waals surface area contributed by atoms with Crippen molar-refractivity contribution >= 4 is 46.7 Å². The third-order valence-corrected chi connectivity index (χ3v) is 10.5. The molecule has 0 spiro atoms. The topological polar surface area (TPSA) is 188 Å². The number of nitrogens with one attached hydrogen (secondary N) is 4. The lowest BCUT2D eigenvalue weighted by Gasteiger charge is -2.28. The van der Waals surface area contributed by atoms with Crippen LogP contribution in [-0.2, 0) is 64.1 Å². The molecule has 1 aromatic heterocycles. The molecule has 14 nitrogen and oxygen atoms in total. The number of aryl methyl sites for hydroxylation is 1. The summed E-state index contributed by atoms with van der Waals surface area (Å²) in [7, 11) is 3.53. The van der Waals surface area contributed by atoms with Gasteiger partial charge < -0.3 is 30.7 Å². The van der Waals surface area contributed by atoms with Crippen molar-refractivity contribution in [2.75, 3.05) is 27.2 Å². The zero-order valence-corrected chi connectivity index (χ0v) is 36.1. The number of aromatic nitrogens is 1. The summed E-state index contributed by atoms with van der Waals surface area (Å²) >= 11 is 1.26. The van der Waals surface area contributed by atoms with Crippen LogP contribution in [0.1, 0.15) is 75.7 Å². The van der Waals surface area contributed by atoms with Gasteiger partial charge in [0.25, 0.3) is 0 Å². The number of ether oxygens (including phenoxy) is 2. The van der Waals surface area contributed by atoms with Crippen molar-refractivity contribution in [3.63, 3.8) is 0 Å². The second-order valence-electron chi connectivity index (χ2n) is 16.5. The molecule has 0 saturated carbocycles. The van der Waals surface area contributed by atoms with Gasteiger partial charge in [-0.05, 0) is 69.7 Å². The normalized spacial score (nSPS) is 16.8. The highest BCUT2D eigenvalue weighted by molar-refractivity contribution is 7.09. The van der Waals surface area contributed by atoms with E-state index in [-0.39, 0.29) is 63.1 Å². The van der Waals surface area contributed by atoms with Gasteiger partial charge in [-0.3, -0.25) is 33.7 Å². The first-order valence-corrected chi connectivity index (χ1v) is 21.1. The summed E-state index contributed by atoms with van der Waals surface area (Å²) in [6.45, 7) is 9.87. The first-order chi connectivity index (χ1) is 28.0. The average Bonchev–Trinajstić information content (AvgIpc) is 3.78. The molecule has 320 valence electrons. The van der Waals surface area contributed by atoms with Crippen molar-refractivity contribution in [3.05, 3.63) is 87.9 Å². The Labute approximate surface area is 351 Å². The Hall–Kier alpha value is -4.99. The Morgan fingerprint density at radius 3 is 1.92 bits per heavy atom. The Balaban J connectivity index is 1.50. The summed E-state index contributed by atoms with van der Waals surface area (Å²) in [6.07, 6.45) is 1.39. The Morgan fingerprint density at radius 2 is 1.32 bits per heavy atom. The Morgan fingerprint density at radius 1 is 0.780 bits per heavy atom. The zero-order chi connectivity index (χ0) is 43.1. The number of benzene rings is 2. The molecule has 15 heteroatoms. The number of thiazole rings is 1. The van der Waals surface area contributed by atoms with Crippen LogP contribution in [0.4, 0.5) is 0 Å². The van der Waals surface area contributed by atoms with E-state index >= 15 is 0 Å². The van der Waals surface area contributed by atoms with Crippen LogP contribution >= 0.6 is 11.3 Å². The summed E-state index contributed by atoms with van der Waals surface area (Å²) < 4.78 is 10.7. The van der Waals surface area contributed by atoms with Gasteiger partial charge in [-0.15, -0.1) is 11.3 Å². The van der Waals surface area contributed by atoms with Gasteiger partial charge in [0, 0.05) is 11.8 Å². The molecule has 4 N–H and O–H groups in total. The van der Waals surface area contributed by atoms with E-state index in [0.29, 0.717) is 23.5 Å². The van der Waals surface area contributed by atoms with Crippen LogP contribution in [0.15, 0.2) is 66.0 Å². The molecule has 0 aliphatic carbocycles. The summed E-state index contributed by atoms with van der Waals surface area (Å²) in [4.78, 5) is 87.2. The van der Waals surface area contributed by atoms with E-state index in [1.807, 2.05) is 88.4 Å². The molecule has 4 rings (SSSR count). The quantitative estimate of drug-likeness (QED) is 0.0768. The molecule has 2 heterocycles. The minimum atomic E-state index is -1.07. The van der Waals surface area contributed by atoms with Crippen molar-refractivity contribution in [1.29, 1.82) is 0 Å². The number of hydrogen-bond donors (Lipinski definition) is 4. The van der Waals surface area contributed by atoms with E-state index in [1.165, 1.54) is 11.3 Å². The predicted molar refractivity (Wildman–Crippen MR) is 225 cm³/mol. The lowest BCUT2D eigenvalue weighted by molar-refractivity contribution is -0.145. The van der Waals surface area contributed by atoms with E-state index in [0.717, 1.165) is 11.1 Å². The van der Waals surface area contributed by atoms with Crippen LogP contribution in [0.25, 0.3) is 0 Å². The molecular formula is C44H60N6O8S. The first kappa shape index (κ1) is 46.7. The van der Waals surface area contributed by atoms with Crippen LogP contribution in [0.2, 0.25) is 0 Å². The summed E-state index contributed by atoms with van der Waals surface area (Å²) in [5, 5.41) is 13.8. The number of carbonyl (C=O) groups is 6. The third-order valence-electron chi connectivity index (χ3n) is 9.65. The number of nitrogens with zero attached hydrogens (tertiary/aromatic N) is 2. The van der Waals surface area contributed by atoms with Crippen LogP contribution < -0.4 is 21.3 Å². The molecule has 3 aromatic rings. The third kappa shape index (κ3) is 15.9. The number of ketones is 1. The fraction of sp³-hybridized carbons (Fsp3) is 0.523. The molecule has 5 atom stereocenters. The lowest BCUT2D eigenvalue weighted by Crippen LogP contribution is -2.59. The number of Topliss-reactive ketones (excluding diaryl/α,β-unsaturated/α-hetero) is 1. The molecule has 1 aliphatic rings. The average molecular weight is 833 g/mol. The van der Waals surface area contributed by atoms with E-state index in [4.69, 9.17) is 9.47 Å². The molecule has 1 fully saturated rings. The van der Waals surface area contributed by atoms with Gasteiger partial charge in [0.15, 0.2) is 5.78 Å². The monoisotopic (exact) mass is 832 g/mol. The van der Waals surface area contributed by atoms with Gasteiger partial charge in [0.05, 0.1) is 31.3 Å². The number of rotatable bonds is 24. The van der Waals surface area contributed by atoms with Crippen LogP contribution in [0, 0.1) is 11.8 Å². The minimum Gasteiger partial charge on any atom is -0.457 e. The maximum absolute atomic E-state index is 14.2. The summed E-state index contributed by atoms with van der Waals surface area (Å²) in [5.74, 6) is -2.62. The highest BCUT2D eigenvalue weighted by Gasteiger charge is 2.50. The fourth-order valence-electron chi connectivity index (χ4n) is 6.48. The molecule has 59 heavy (non-hydrogen) atoms. The predicted octanol–water partition coefficient (Wildman–Crippen LogP) is 3.56. The molecular weight excluding hydrogens is 773 g/mol. The number of carbonyl (C=O) groups excluding carboxylic acids is 6. The van der Waals surface area contributed by atoms with Crippen LogP contribution in [0.3, 0.4) is 0 Å². The molecule has 0 radical (unpaired) electrons. The van der Waals surface area contributed by atoms with Gasteiger partial charge in [-0.2, -0.15) is 0 Å². The molecule has 5 unspecified atom stereocenters. The first-order valence-electron chi connectivity index (χ1n) is 20.2. The number of hydrogen-bond acceptors (Lipinski definition) is 11. The van der Waals surface area contributed by atoms with E-state index in [2.05, 4.69) is 26.3 Å². The van der Waals surface area contributed by atoms with Crippen LogP contribution in [-0.4, -0.2) is 102 Å². The highest BCUT2D eigenvalue weighted by Crippen LogP contribution is 2.29. The molecule has 2 aromatic carbocycles. The second-order valence-corrected chi connectivity index (χ2v) is 17.4. The van der Waals surface area contributed by atoms with Crippen molar-refractivity contribution < 1.29 is 38.2 Å². The smallest absolute Gasteiger partial charge is 0.320 e. The van der Waals surface area contributed by atoms with Gasteiger partial charge in [0.1, 0.15) is 35.3 Å². The lowest BCUT2D eigenvalue weighted by atomic mass is 9.93. The number of epoxide rings is 1. The number of amides is 4. The largest absolute Gasteiger partial charge is 0.457 e. The van der Waals surface area contributed by atoms with Gasteiger partial charge in [-0.1, -0.05) is 88.4 Å². The van der Waals surface area contributed by atoms with E-state index < -0.39 is 59.4 Å². The molecule has 1 saturated heterocycles. The molecule has 1 aliphatic heterocycles. The highest BCUT2D eigenvalue weighted by atomic mass is 32.1. The molecule has 4 amide bonds. The SMILES string of the molecule is CC(C)CC(NC(=O)C(CCc1ccccc1)NC(=O)Cc1csc(COC(=O)CN(C)C)n1)C(=O)NC(Cc1ccccc1)C(=O)NC(CC(C)C)C(=O)C1(C)CO1. The van der Waals surface area contributed by atoms with Crippen molar-refractivity contribution in [1.82, 2.24) is 31.2 Å². The Kier molecular flexibility index (Phi) is 17.7. The minimum absolute atomic E-state index is 0.0146. The number of esters is 1. The summed E-state index contributed by atoms with van der Waals surface area (Å²) in [6, 6.07) is 14.8. The Bertz CT molecular complexity index is 1860. The number of likely N-dealkylation sites (N-methyl/N-ethyl adjacent to an activating group) is 1. The van der Waals surface area contributed by atoms with Gasteiger partial charge >= 0.3 is 5.97 Å².